The van der Waals surface area contributed by atoms with Crippen molar-refractivity contribution in [1.29, 1.82) is 0 Å². The second kappa shape index (κ2) is 4.92. The Bertz CT molecular complexity index is 992. The van der Waals surface area contributed by atoms with E-state index in [1.54, 1.807) is 31.2 Å². The van der Waals surface area contributed by atoms with E-state index in [0.717, 1.165) is 10.0 Å². The van der Waals surface area contributed by atoms with Gasteiger partial charge in [0.05, 0.1) is 20.9 Å². The Balaban J connectivity index is 2.27. The minimum atomic E-state index is -3.96. The van der Waals surface area contributed by atoms with Crippen molar-refractivity contribution >= 4 is 26.7 Å². The van der Waals surface area contributed by atoms with Crippen molar-refractivity contribution in [3.63, 3.8) is 0 Å². The number of aryl methyl sites for hydroxylation is 1. The van der Waals surface area contributed by atoms with Gasteiger partial charge < -0.3 is 0 Å². The van der Waals surface area contributed by atoms with Crippen molar-refractivity contribution in [1.82, 2.24) is 8.96 Å². The van der Waals surface area contributed by atoms with Gasteiger partial charge in [-0.3, -0.25) is 10.1 Å². The number of hydrogen-bond acceptors (Lipinski definition) is 5. The van der Waals surface area contributed by atoms with Crippen LogP contribution in [-0.4, -0.2) is 22.3 Å². The van der Waals surface area contributed by atoms with Crippen LogP contribution >= 0.6 is 0 Å². The lowest BCUT2D eigenvalue weighted by atomic mass is 10.3. The Morgan fingerprint density at radius 3 is 2.59 bits per heavy atom. The monoisotopic (exact) mass is 317 g/mol. The molecule has 0 aliphatic heterocycles. The van der Waals surface area contributed by atoms with Crippen LogP contribution in [0.25, 0.3) is 11.0 Å². The molecule has 1 heterocycles. The molecule has 0 radical (unpaired) electrons. The SMILES string of the molecule is Cc1nc2ccccc2n1S(=O)(=O)c1cccc([N+](=O)[O-])c1. The molecule has 0 spiro atoms. The van der Waals surface area contributed by atoms with E-state index in [0.29, 0.717) is 16.9 Å². The van der Waals surface area contributed by atoms with Crippen LogP contribution in [0.3, 0.4) is 0 Å². The van der Waals surface area contributed by atoms with Crippen LogP contribution in [0.5, 0.6) is 0 Å². The van der Waals surface area contributed by atoms with Crippen molar-refractivity contribution < 1.29 is 13.3 Å². The number of nitro groups is 1. The van der Waals surface area contributed by atoms with Gasteiger partial charge in [0, 0.05) is 12.1 Å². The first-order valence-corrected chi connectivity index (χ1v) is 7.79. The van der Waals surface area contributed by atoms with Gasteiger partial charge in [0.1, 0.15) is 5.82 Å². The molecule has 0 atom stereocenters. The predicted molar refractivity (Wildman–Crippen MR) is 80.2 cm³/mol. The van der Waals surface area contributed by atoms with Crippen LogP contribution in [0.4, 0.5) is 5.69 Å². The molecule has 2 aromatic carbocycles. The second-order valence-corrected chi connectivity index (χ2v) is 6.46. The zero-order valence-corrected chi connectivity index (χ0v) is 12.3. The fourth-order valence-corrected chi connectivity index (χ4v) is 3.82. The lowest BCUT2D eigenvalue weighted by molar-refractivity contribution is -0.385. The molecule has 7 nitrogen and oxygen atoms in total. The van der Waals surface area contributed by atoms with E-state index < -0.39 is 14.9 Å². The smallest absolute Gasteiger partial charge is 0.258 e. The van der Waals surface area contributed by atoms with Gasteiger partial charge in [-0.05, 0) is 25.1 Å². The summed E-state index contributed by atoms with van der Waals surface area (Å²) in [5, 5.41) is 10.8. The molecule has 0 aliphatic carbocycles. The third-order valence-corrected chi connectivity index (χ3v) is 5.03. The van der Waals surface area contributed by atoms with Gasteiger partial charge in [-0.2, -0.15) is 0 Å². The average Bonchev–Trinajstić information content (AvgIpc) is 2.83. The molecule has 0 amide bonds. The van der Waals surface area contributed by atoms with Gasteiger partial charge >= 0.3 is 0 Å². The first-order chi connectivity index (χ1) is 10.4. The van der Waals surface area contributed by atoms with Gasteiger partial charge in [0.25, 0.3) is 15.7 Å². The van der Waals surface area contributed by atoms with E-state index in [9.17, 15) is 18.5 Å². The van der Waals surface area contributed by atoms with Gasteiger partial charge in [0.2, 0.25) is 0 Å². The van der Waals surface area contributed by atoms with Crippen molar-refractivity contribution in [2.24, 2.45) is 0 Å². The molecular weight excluding hydrogens is 306 g/mol. The van der Waals surface area contributed by atoms with Crippen molar-refractivity contribution in [2.75, 3.05) is 0 Å². The standard InChI is InChI=1S/C14H11N3O4S/c1-10-15-13-7-2-3-8-14(13)16(10)22(20,21)12-6-4-5-11(9-12)17(18)19/h2-9H,1H3. The maximum atomic E-state index is 12.8. The minimum absolute atomic E-state index is 0.145. The molecule has 0 aliphatic rings. The van der Waals surface area contributed by atoms with Gasteiger partial charge in [-0.1, -0.05) is 18.2 Å². The van der Waals surface area contributed by atoms with Crippen LogP contribution in [0.2, 0.25) is 0 Å². The highest BCUT2D eigenvalue weighted by molar-refractivity contribution is 7.90. The third-order valence-electron chi connectivity index (χ3n) is 3.24. The molecule has 3 rings (SSSR count). The molecule has 3 aromatic rings. The number of benzene rings is 2. The van der Waals surface area contributed by atoms with Crippen LogP contribution < -0.4 is 0 Å². The summed E-state index contributed by atoms with van der Waals surface area (Å²) in [6.45, 7) is 1.58. The number of nitrogens with zero attached hydrogens (tertiary/aromatic N) is 3. The molecule has 0 bridgehead atoms. The van der Waals surface area contributed by atoms with Crippen molar-refractivity contribution in [2.45, 2.75) is 11.8 Å². The lowest BCUT2D eigenvalue weighted by Gasteiger charge is -2.08. The number of hydrogen-bond donors (Lipinski definition) is 0. The number of nitro benzene ring substituents is 1. The fraction of sp³-hybridized carbons (Fsp3) is 0.0714. The van der Waals surface area contributed by atoms with Gasteiger partial charge in [-0.25, -0.2) is 17.4 Å². The highest BCUT2D eigenvalue weighted by atomic mass is 32.2. The summed E-state index contributed by atoms with van der Waals surface area (Å²) in [5.74, 6) is 0.299. The predicted octanol–water partition coefficient (Wildman–Crippen LogP) is 2.49. The fourth-order valence-electron chi connectivity index (χ4n) is 2.29. The normalized spacial score (nSPS) is 11.7. The van der Waals surface area contributed by atoms with Gasteiger partial charge in [-0.15, -0.1) is 0 Å². The van der Waals surface area contributed by atoms with E-state index in [4.69, 9.17) is 0 Å². The molecule has 0 N–H and O–H groups in total. The van der Waals surface area contributed by atoms with E-state index in [1.807, 2.05) is 0 Å². The average molecular weight is 317 g/mol. The lowest BCUT2D eigenvalue weighted by Crippen LogP contribution is -2.14. The van der Waals surface area contributed by atoms with Crippen LogP contribution in [0, 0.1) is 17.0 Å². The zero-order chi connectivity index (χ0) is 15.9. The number of para-hydroxylation sites is 2. The second-order valence-electron chi connectivity index (χ2n) is 4.67. The molecule has 0 unspecified atom stereocenters. The number of aromatic nitrogens is 2. The van der Waals surface area contributed by atoms with Crippen molar-refractivity contribution in [3.8, 4) is 0 Å². The number of rotatable bonds is 3. The number of imidazole rings is 1. The summed E-state index contributed by atoms with van der Waals surface area (Å²) in [6.07, 6.45) is 0. The highest BCUT2D eigenvalue weighted by Gasteiger charge is 2.24. The summed E-state index contributed by atoms with van der Waals surface area (Å²) in [4.78, 5) is 14.3. The van der Waals surface area contributed by atoms with Crippen LogP contribution in [-0.2, 0) is 10.0 Å². The Morgan fingerprint density at radius 2 is 1.86 bits per heavy atom. The third kappa shape index (κ3) is 2.13. The summed E-state index contributed by atoms with van der Waals surface area (Å²) in [6, 6.07) is 11.8. The largest absolute Gasteiger partial charge is 0.270 e. The Labute approximate surface area is 126 Å². The topological polar surface area (TPSA) is 95.1 Å². The van der Waals surface area contributed by atoms with E-state index >= 15 is 0 Å². The van der Waals surface area contributed by atoms with Gasteiger partial charge in [0.15, 0.2) is 0 Å². The van der Waals surface area contributed by atoms with E-state index in [2.05, 4.69) is 4.98 Å². The summed E-state index contributed by atoms with van der Waals surface area (Å²) < 4.78 is 26.7. The summed E-state index contributed by atoms with van der Waals surface area (Å²) in [7, 11) is -3.96. The zero-order valence-electron chi connectivity index (χ0n) is 11.5. The molecule has 0 fully saturated rings. The maximum Gasteiger partial charge on any atom is 0.270 e. The quantitative estimate of drug-likeness (QED) is 0.546. The Hall–Kier alpha value is -2.74. The van der Waals surface area contributed by atoms with Crippen molar-refractivity contribution in [3.05, 3.63) is 64.5 Å². The molecule has 0 saturated heterocycles. The van der Waals surface area contributed by atoms with Crippen LogP contribution in [0.1, 0.15) is 5.82 Å². The number of non-ortho nitro benzene ring substituents is 1. The minimum Gasteiger partial charge on any atom is -0.258 e. The maximum absolute atomic E-state index is 12.8. The molecule has 22 heavy (non-hydrogen) atoms. The first kappa shape index (κ1) is 14.2. The Kier molecular flexibility index (Phi) is 3.18. The molecule has 0 saturated carbocycles. The van der Waals surface area contributed by atoms with E-state index in [1.165, 1.54) is 18.2 Å². The first-order valence-electron chi connectivity index (χ1n) is 6.35. The molecule has 1 aromatic heterocycles. The van der Waals surface area contributed by atoms with E-state index in [-0.39, 0.29) is 10.6 Å². The molecule has 8 heteroatoms. The highest BCUT2D eigenvalue weighted by Crippen LogP contribution is 2.25. The molecular formula is C14H11N3O4S. The van der Waals surface area contributed by atoms with Crippen LogP contribution in [0.15, 0.2) is 53.4 Å². The number of fused-ring (bicyclic) bond motifs is 1. The Morgan fingerprint density at radius 1 is 1.14 bits per heavy atom. The summed E-state index contributed by atoms with van der Waals surface area (Å²) >= 11 is 0. The summed E-state index contributed by atoms with van der Waals surface area (Å²) in [5.41, 5.74) is 0.712. The molecule has 112 valence electrons.